The number of carbonyl (C=O) groups excluding carboxylic acids is 1. The fourth-order valence-electron chi connectivity index (χ4n) is 2.28. The van der Waals surface area contributed by atoms with Crippen LogP contribution in [0.2, 0.25) is 0 Å². The molecule has 3 heteroatoms. The number of aromatic nitrogens is 1. The zero-order valence-corrected chi connectivity index (χ0v) is 11.3. The molecule has 0 radical (unpaired) electrons. The monoisotopic (exact) mass is 264 g/mol. The Bertz CT molecular complexity index is 758. The largest absolute Gasteiger partial charge is 0.361 e. The molecule has 0 aliphatic rings. The number of nitrogens with one attached hydrogen (secondary N) is 2. The molecule has 0 spiro atoms. The van der Waals surface area contributed by atoms with Crippen LogP contribution in [-0.2, 0) is 6.54 Å². The minimum absolute atomic E-state index is 0.0512. The second-order valence-corrected chi connectivity index (χ2v) is 4.89. The van der Waals surface area contributed by atoms with Gasteiger partial charge >= 0.3 is 0 Å². The minimum Gasteiger partial charge on any atom is -0.361 e. The first-order valence-corrected chi connectivity index (χ1v) is 6.64. The van der Waals surface area contributed by atoms with Crippen molar-refractivity contribution in [2.24, 2.45) is 0 Å². The van der Waals surface area contributed by atoms with Crippen LogP contribution in [-0.4, -0.2) is 10.9 Å². The third-order valence-electron chi connectivity index (χ3n) is 3.52. The van der Waals surface area contributed by atoms with E-state index in [-0.39, 0.29) is 5.91 Å². The number of benzene rings is 2. The number of aryl methyl sites for hydroxylation is 1. The van der Waals surface area contributed by atoms with Gasteiger partial charge in [0.2, 0.25) is 0 Å². The Labute approximate surface area is 117 Å². The van der Waals surface area contributed by atoms with Gasteiger partial charge in [0, 0.05) is 23.8 Å². The summed E-state index contributed by atoms with van der Waals surface area (Å²) in [5.74, 6) is -0.0512. The molecule has 3 rings (SSSR count). The Morgan fingerprint density at radius 2 is 2.00 bits per heavy atom. The highest BCUT2D eigenvalue weighted by molar-refractivity contribution is 5.97. The van der Waals surface area contributed by atoms with E-state index in [0.717, 1.165) is 16.5 Å². The lowest BCUT2D eigenvalue weighted by atomic mass is 10.1. The molecule has 0 fully saturated rings. The molecular formula is C17H16N2O. The molecule has 2 aromatic carbocycles. The van der Waals surface area contributed by atoms with Gasteiger partial charge in [-0.25, -0.2) is 0 Å². The van der Waals surface area contributed by atoms with E-state index >= 15 is 0 Å². The van der Waals surface area contributed by atoms with Crippen molar-refractivity contribution in [1.29, 1.82) is 0 Å². The minimum atomic E-state index is -0.0512. The molecular weight excluding hydrogens is 248 g/mol. The molecule has 100 valence electrons. The van der Waals surface area contributed by atoms with Crippen molar-refractivity contribution in [3.05, 3.63) is 71.4 Å². The lowest BCUT2D eigenvalue weighted by molar-refractivity contribution is 0.0951. The Morgan fingerprint density at radius 1 is 1.15 bits per heavy atom. The van der Waals surface area contributed by atoms with Gasteiger partial charge in [0.1, 0.15) is 0 Å². The van der Waals surface area contributed by atoms with Gasteiger partial charge in [-0.1, -0.05) is 30.3 Å². The van der Waals surface area contributed by atoms with Crippen LogP contribution in [0.1, 0.15) is 21.5 Å². The Morgan fingerprint density at radius 3 is 2.85 bits per heavy atom. The highest BCUT2D eigenvalue weighted by Gasteiger charge is 2.07. The molecule has 1 aromatic heterocycles. The summed E-state index contributed by atoms with van der Waals surface area (Å²) in [5, 5.41) is 4.07. The van der Waals surface area contributed by atoms with Crippen LogP contribution in [0.5, 0.6) is 0 Å². The number of aromatic amines is 1. The van der Waals surface area contributed by atoms with Crippen molar-refractivity contribution in [2.45, 2.75) is 13.5 Å². The van der Waals surface area contributed by atoms with Crippen LogP contribution in [0.25, 0.3) is 10.9 Å². The first-order valence-electron chi connectivity index (χ1n) is 6.64. The van der Waals surface area contributed by atoms with Crippen molar-refractivity contribution in [3.63, 3.8) is 0 Å². The van der Waals surface area contributed by atoms with Gasteiger partial charge < -0.3 is 10.3 Å². The molecule has 0 bridgehead atoms. The van der Waals surface area contributed by atoms with E-state index < -0.39 is 0 Å². The Kier molecular flexibility index (Phi) is 3.25. The summed E-state index contributed by atoms with van der Waals surface area (Å²) >= 11 is 0. The second-order valence-electron chi connectivity index (χ2n) is 4.89. The van der Waals surface area contributed by atoms with E-state index in [0.29, 0.717) is 12.1 Å². The SMILES string of the molecule is Cc1ccccc1CNC(=O)c1ccc2cc[nH]c2c1. The highest BCUT2D eigenvalue weighted by Crippen LogP contribution is 2.14. The van der Waals surface area contributed by atoms with E-state index in [2.05, 4.69) is 10.3 Å². The van der Waals surface area contributed by atoms with Gasteiger partial charge in [-0.2, -0.15) is 0 Å². The Hall–Kier alpha value is -2.55. The maximum Gasteiger partial charge on any atom is 0.251 e. The predicted molar refractivity (Wildman–Crippen MR) is 80.6 cm³/mol. The first-order chi connectivity index (χ1) is 9.74. The maximum atomic E-state index is 12.2. The molecule has 1 heterocycles. The standard InChI is InChI=1S/C17H16N2O/c1-12-4-2-3-5-15(12)11-19-17(20)14-7-6-13-8-9-18-16(13)10-14/h2-10,18H,11H2,1H3,(H,19,20). The van der Waals surface area contributed by atoms with Crippen molar-refractivity contribution < 1.29 is 4.79 Å². The number of hydrogen-bond donors (Lipinski definition) is 2. The van der Waals surface area contributed by atoms with Gasteiger partial charge in [-0.15, -0.1) is 0 Å². The average molecular weight is 264 g/mol. The Balaban J connectivity index is 1.74. The van der Waals surface area contributed by atoms with Crippen LogP contribution in [0.4, 0.5) is 0 Å². The van der Waals surface area contributed by atoms with Gasteiger partial charge in [0.25, 0.3) is 5.91 Å². The quantitative estimate of drug-likeness (QED) is 0.748. The number of amides is 1. The summed E-state index contributed by atoms with van der Waals surface area (Å²) in [7, 11) is 0. The number of rotatable bonds is 3. The van der Waals surface area contributed by atoms with Crippen molar-refractivity contribution in [2.75, 3.05) is 0 Å². The van der Waals surface area contributed by atoms with Gasteiger partial charge in [-0.05, 0) is 41.6 Å². The molecule has 0 aliphatic carbocycles. The molecule has 3 nitrogen and oxygen atoms in total. The third kappa shape index (κ3) is 2.43. The molecule has 2 N–H and O–H groups in total. The number of carbonyl (C=O) groups is 1. The zero-order valence-electron chi connectivity index (χ0n) is 11.3. The topological polar surface area (TPSA) is 44.9 Å². The van der Waals surface area contributed by atoms with E-state index in [1.807, 2.05) is 61.7 Å². The molecule has 0 saturated heterocycles. The number of H-pyrrole nitrogens is 1. The van der Waals surface area contributed by atoms with E-state index in [1.54, 1.807) is 0 Å². The van der Waals surface area contributed by atoms with E-state index in [4.69, 9.17) is 0 Å². The van der Waals surface area contributed by atoms with Crippen LogP contribution in [0.3, 0.4) is 0 Å². The van der Waals surface area contributed by atoms with Crippen molar-refractivity contribution in [1.82, 2.24) is 10.3 Å². The van der Waals surface area contributed by atoms with Crippen LogP contribution < -0.4 is 5.32 Å². The average Bonchev–Trinajstić information content (AvgIpc) is 2.93. The summed E-state index contributed by atoms with van der Waals surface area (Å²) < 4.78 is 0. The first kappa shape index (κ1) is 12.5. The second kappa shape index (κ2) is 5.21. The fraction of sp³-hybridized carbons (Fsp3) is 0.118. The van der Waals surface area contributed by atoms with Crippen LogP contribution in [0.15, 0.2) is 54.7 Å². The molecule has 3 aromatic rings. The number of hydrogen-bond acceptors (Lipinski definition) is 1. The predicted octanol–water partition coefficient (Wildman–Crippen LogP) is 3.41. The summed E-state index contributed by atoms with van der Waals surface area (Å²) in [6, 6.07) is 15.7. The summed E-state index contributed by atoms with van der Waals surface area (Å²) in [6.45, 7) is 2.60. The number of fused-ring (bicyclic) bond motifs is 1. The van der Waals surface area contributed by atoms with Gasteiger partial charge in [-0.3, -0.25) is 4.79 Å². The van der Waals surface area contributed by atoms with E-state index in [9.17, 15) is 4.79 Å². The molecule has 0 saturated carbocycles. The highest BCUT2D eigenvalue weighted by atomic mass is 16.1. The van der Waals surface area contributed by atoms with Crippen LogP contribution in [0, 0.1) is 6.92 Å². The third-order valence-corrected chi connectivity index (χ3v) is 3.52. The normalized spacial score (nSPS) is 10.7. The molecule has 0 atom stereocenters. The smallest absolute Gasteiger partial charge is 0.251 e. The summed E-state index contributed by atoms with van der Waals surface area (Å²) in [5.41, 5.74) is 3.98. The molecule has 0 aliphatic heterocycles. The zero-order chi connectivity index (χ0) is 13.9. The lowest BCUT2D eigenvalue weighted by Crippen LogP contribution is -2.23. The van der Waals surface area contributed by atoms with Crippen molar-refractivity contribution >= 4 is 16.8 Å². The van der Waals surface area contributed by atoms with Crippen molar-refractivity contribution in [3.8, 4) is 0 Å². The maximum absolute atomic E-state index is 12.2. The summed E-state index contributed by atoms with van der Waals surface area (Å²) in [4.78, 5) is 15.3. The van der Waals surface area contributed by atoms with Crippen LogP contribution >= 0.6 is 0 Å². The molecule has 0 unspecified atom stereocenters. The lowest BCUT2D eigenvalue weighted by Gasteiger charge is -2.08. The van der Waals surface area contributed by atoms with E-state index in [1.165, 1.54) is 5.56 Å². The molecule has 20 heavy (non-hydrogen) atoms. The fourth-order valence-corrected chi connectivity index (χ4v) is 2.28. The van der Waals surface area contributed by atoms with Gasteiger partial charge in [0.15, 0.2) is 0 Å². The molecule has 1 amide bonds. The van der Waals surface area contributed by atoms with Gasteiger partial charge in [0.05, 0.1) is 0 Å². The summed E-state index contributed by atoms with van der Waals surface area (Å²) in [6.07, 6.45) is 1.87.